The lowest BCUT2D eigenvalue weighted by Gasteiger charge is -2.11. The summed E-state index contributed by atoms with van der Waals surface area (Å²) in [7, 11) is 0. The Morgan fingerprint density at radius 3 is 1.62 bits per heavy atom. The van der Waals surface area contributed by atoms with E-state index < -0.39 is 12.1 Å². The summed E-state index contributed by atoms with van der Waals surface area (Å²) in [5, 5.41) is 22.9. The highest BCUT2D eigenvalue weighted by atomic mass is 32.2. The van der Waals surface area contributed by atoms with Crippen molar-refractivity contribution >= 4 is 23.6 Å². The van der Waals surface area contributed by atoms with Crippen LogP contribution in [0.5, 0.6) is 0 Å². The second kappa shape index (κ2) is 12.0. The number of nitriles is 2. The van der Waals surface area contributed by atoms with Gasteiger partial charge in [-0.3, -0.25) is 9.59 Å². The van der Waals surface area contributed by atoms with E-state index in [0.29, 0.717) is 12.8 Å². The van der Waals surface area contributed by atoms with Crippen molar-refractivity contribution in [3.8, 4) is 12.1 Å². The first-order chi connectivity index (χ1) is 10.1. The summed E-state index contributed by atoms with van der Waals surface area (Å²) in [5.74, 6) is -0.253. The molecule has 0 rings (SSSR count). The predicted octanol–water partition coefficient (Wildman–Crippen LogP) is 1.34. The monoisotopic (exact) mass is 310 g/mol. The third-order valence-corrected chi connectivity index (χ3v) is 3.54. The number of rotatable bonds is 10. The summed E-state index contributed by atoms with van der Waals surface area (Å²) in [6, 6.07) is 3.11. The molecule has 116 valence electrons. The number of nitrogens with one attached hydrogen (secondary N) is 2. The number of hydrogen-bond donors (Lipinski definition) is 2. The molecule has 0 aliphatic heterocycles. The molecule has 0 spiro atoms. The molecule has 0 bridgehead atoms. The zero-order chi connectivity index (χ0) is 16.1. The minimum atomic E-state index is -0.468. The van der Waals surface area contributed by atoms with Gasteiger partial charge in [-0.15, -0.1) is 11.8 Å². The zero-order valence-corrected chi connectivity index (χ0v) is 13.3. The van der Waals surface area contributed by atoms with E-state index in [1.54, 1.807) is 0 Å². The Morgan fingerprint density at radius 1 is 0.952 bits per heavy atom. The molecule has 6 nitrogen and oxygen atoms in total. The van der Waals surface area contributed by atoms with Gasteiger partial charge < -0.3 is 10.6 Å². The molecular weight excluding hydrogens is 288 g/mol. The quantitative estimate of drug-likeness (QED) is 0.633. The summed E-state index contributed by atoms with van der Waals surface area (Å²) in [6.45, 7) is 3.88. The third kappa shape index (κ3) is 9.75. The van der Waals surface area contributed by atoms with Crippen LogP contribution in [0.1, 0.15) is 39.5 Å². The molecule has 0 fully saturated rings. The SMILES string of the molecule is CCCC(C#N)NC(=O)CSCC(=O)NC(C#N)CCC. The molecule has 0 aromatic heterocycles. The van der Waals surface area contributed by atoms with Crippen LogP contribution < -0.4 is 10.6 Å². The fraction of sp³-hybridized carbons (Fsp3) is 0.714. The first kappa shape index (κ1) is 19.3. The van der Waals surface area contributed by atoms with Gasteiger partial charge in [0.2, 0.25) is 11.8 Å². The Kier molecular flexibility index (Phi) is 11.1. The lowest BCUT2D eigenvalue weighted by Crippen LogP contribution is -2.36. The van der Waals surface area contributed by atoms with Gasteiger partial charge in [0.15, 0.2) is 0 Å². The maximum absolute atomic E-state index is 11.6. The van der Waals surface area contributed by atoms with Gasteiger partial charge in [-0.25, -0.2) is 0 Å². The van der Waals surface area contributed by atoms with E-state index in [1.165, 1.54) is 11.8 Å². The first-order valence-corrected chi connectivity index (χ1v) is 8.18. The number of thioether (sulfide) groups is 1. The molecule has 2 atom stereocenters. The van der Waals surface area contributed by atoms with Gasteiger partial charge in [-0.05, 0) is 12.8 Å². The van der Waals surface area contributed by atoms with Crippen molar-refractivity contribution in [2.45, 2.75) is 51.6 Å². The Labute approximate surface area is 130 Å². The molecular formula is C14H22N4O2S. The van der Waals surface area contributed by atoms with E-state index in [2.05, 4.69) is 10.6 Å². The number of amides is 2. The molecule has 0 heterocycles. The molecule has 0 aliphatic carbocycles. The predicted molar refractivity (Wildman–Crippen MR) is 82.2 cm³/mol. The molecule has 0 aliphatic rings. The number of nitrogens with zero attached hydrogens (tertiary/aromatic N) is 2. The van der Waals surface area contributed by atoms with Gasteiger partial charge in [0.05, 0.1) is 23.6 Å². The highest BCUT2D eigenvalue weighted by Crippen LogP contribution is 2.02. The summed E-state index contributed by atoms with van der Waals surface area (Å²) in [6.07, 6.45) is 2.88. The maximum Gasteiger partial charge on any atom is 0.231 e. The highest BCUT2D eigenvalue weighted by Gasteiger charge is 2.13. The van der Waals surface area contributed by atoms with Gasteiger partial charge in [0.1, 0.15) is 12.1 Å². The van der Waals surface area contributed by atoms with Crippen LogP contribution in [0, 0.1) is 22.7 Å². The summed E-state index contributed by atoms with van der Waals surface area (Å²) < 4.78 is 0. The van der Waals surface area contributed by atoms with Crippen LogP contribution in [-0.2, 0) is 9.59 Å². The zero-order valence-electron chi connectivity index (χ0n) is 12.5. The molecule has 21 heavy (non-hydrogen) atoms. The Bertz CT molecular complexity index is 376. The molecule has 7 heteroatoms. The fourth-order valence-corrected chi connectivity index (χ4v) is 2.26. The van der Waals surface area contributed by atoms with Gasteiger partial charge in [-0.1, -0.05) is 26.7 Å². The van der Waals surface area contributed by atoms with Crippen molar-refractivity contribution in [1.82, 2.24) is 10.6 Å². The van der Waals surface area contributed by atoms with Crippen LogP contribution in [-0.4, -0.2) is 35.4 Å². The highest BCUT2D eigenvalue weighted by molar-refractivity contribution is 8.00. The Hall–Kier alpha value is -1.73. The summed E-state index contributed by atoms with van der Waals surface area (Å²) in [4.78, 5) is 23.2. The average molecular weight is 310 g/mol. The molecule has 0 aromatic rings. The van der Waals surface area contributed by atoms with Crippen molar-refractivity contribution in [2.24, 2.45) is 0 Å². The van der Waals surface area contributed by atoms with E-state index in [4.69, 9.17) is 10.5 Å². The normalized spacial score (nSPS) is 12.6. The van der Waals surface area contributed by atoms with Crippen molar-refractivity contribution in [2.75, 3.05) is 11.5 Å². The van der Waals surface area contributed by atoms with Crippen molar-refractivity contribution in [3.63, 3.8) is 0 Å². The average Bonchev–Trinajstić information content (AvgIpc) is 2.46. The molecule has 0 saturated heterocycles. The minimum Gasteiger partial charge on any atom is -0.340 e. The summed E-state index contributed by atoms with van der Waals surface area (Å²) >= 11 is 1.17. The molecule has 0 saturated carbocycles. The Balaban J connectivity index is 3.93. The molecule has 2 amide bonds. The van der Waals surface area contributed by atoms with Crippen LogP contribution >= 0.6 is 11.8 Å². The Morgan fingerprint density at radius 2 is 1.33 bits per heavy atom. The van der Waals surface area contributed by atoms with Crippen LogP contribution in [0.3, 0.4) is 0 Å². The number of hydrogen-bond acceptors (Lipinski definition) is 5. The molecule has 2 unspecified atom stereocenters. The summed E-state index contributed by atoms with van der Waals surface area (Å²) in [5.41, 5.74) is 0. The third-order valence-electron chi connectivity index (χ3n) is 2.60. The second-order valence-electron chi connectivity index (χ2n) is 4.57. The maximum atomic E-state index is 11.6. The minimum absolute atomic E-state index is 0.125. The van der Waals surface area contributed by atoms with Crippen molar-refractivity contribution < 1.29 is 9.59 Å². The van der Waals surface area contributed by atoms with Crippen molar-refractivity contribution in [1.29, 1.82) is 10.5 Å². The standard InChI is InChI=1S/C14H22N4O2S/c1-3-5-11(7-15)17-13(19)9-21-10-14(20)18-12(8-16)6-4-2/h11-12H,3-6,9-10H2,1-2H3,(H,17,19)(H,18,20). The van der Waals surface area contributed by atoms with Gasteiger partial charge in [-0.2, -0.15) is 10.5 Å². The van der Waals surface area contributed by atoms with Gasteiger partial charge >= 0.3 is 0 Å². The lowest BCUT2D eigenvalue weighted by molar-refractivity contribution is -0.119. The first-order valence-electron chi connectivity index (χ1n) is 7.03. The topological polar surface area (TPSA) is 106 Å². The van der Waals surface area contributed by atoms with E-state index in [-0.39, 0.29) is 23.3 Å². The van der Waals surface area contributed by atoms with Crippen LogP contribution in [0.2, 0.25) is 0 Å². The number of carbonyl (C=O) groups excluding carboxylic acids is 2. The van der Waals surface area contributed by atoms with E-state index in [0.717, 1.165) is 12.8 Å². The van der Waals surface area contributed by atoms with E-state index in [9.17, 15) is 9.59 Å². The van der Waals surface area contributed by atoms with Crippen LogP contribution in [0.25, 0.3) is 0 Å². The fourth-order valence-electron chi connectivity index (χ4n) is 1.62. The largest absolute Gasteiger partial charge is 0.340 e. The smallest absolute Gasteiger partial charge is 0.231 e. The molecule has 2 N–H and O–H groups in total. The van der Waals surface area contributed by atoms with Crippen molar-refractivity contribution in [3.05, 3.63) is 0 Å². The molecule has 0 radical (unpaired) electrons. The van der Waals surface area contributed by atoms with Gasteiger partial charge in [0.25, 0.3) is 0 Å². The van der Waals surface area contributed by atoms with Gasteiger partial charge in [0, 0.05) is 0 Å². The van der Waals surface area contributed by atoms with Crippen LogP contribution in [0.4, 0.5) is 0 Å². The van der Waals surface area contributed by atoms with E-state index >= 15 is 0 Å². The lowest BCUT2D eigenvalue weighted by atomic mass is 10.2. The molecule has 0 aromatic carbocycles. The second-order valence-corrected chi connectivity index (χ2v) is 5.55. The van der Waals surface area contributed by atoms with E-state index in [1.807, 2.05) is 26.0 Å². The van der Waals surface area contributed by atoms with Crippen LogP contribution in [0.15, 0.2) is 0 Å². The number of carbonyl (C=O) groups is 2.